The van der Waals surface area contributed by atoms with Crippen molar-refractivity contribution in [1.29, 1.82) is 0 Å². The molecule has 0 radical (unpaired) electrons. The molecule has 0 fully saturated rings. The van der Waals surface area contributed by atoms with E-state index in [9.17, 15) is 9.82 Å². The van der Waals surface area contributed by atoms with Crippen molar-refractivity contribution in [3.8, 4) is 11.3 Å². The summed E-state index contributed by atoms with van der Waals surface area (Å²) in [6.45, 7) is 0.297. The number of hydrogen-bond acceptors (Lipinski definition) is 4. The molecule has 1 aromatic heterocycles. The van der Waals surface area contributed by atoms with Gasteiger partial charge in [0.05, 0.1) is 23.7 Å². The molecule has 5 nitrogen and oxygen atoms in total. The van der Waals surface area contributed by atoms with Crippen LogP contribution in [0, 0.1) is 0 Å². The number of benzene rings is 2. The lowest BCUT2D eigenvalue weighted by atomic mass is 9.78. The first kappa shape index (κ1) is 16.1. The molecule has 3 aromatic rings. The summed E-state index contributed by atoms with van der Waals surface area (Å²) in [6, 6.07) is 14.9. The number of ketones is 1. The van der Waals surface area contributed by atoms with Crippen LogP contribution in [0.15, 0.2) is 48.5 Å². The van der Waals surface area contributed by atoms with Crippen molar-refractivity contribution in [2.45, 2.75) is 13.0 Å². The molecule has 0 atom stereocenters. The Kier molecular flexibility index (Phi) is 4.17. The zero-order valence-corrected chi connectivity index (χ0v) is 14.0. The van der Waals surface area contributed by atoms with Gasteiger partial charge in [-0.2, -0.15) is 5.10 Å². The largest absolute Gasteiger partial charge is 0.491 e. The van der Waals surface area contributed by atoms with E-state index < -0.39 is 7.12 Å². The van der Waals surface area contributed by atoms with E-state index >= 15 is 0 Å². The van der Waals surface area contributed by atoms with Crippen molar-refractivity contribution < 1.29 is 14.5 Å². The average Bonchev–Trinajstić information content (AvgIpc) is 3.22. The summed E-state index contributed by atoms with van der Waals surface area (Å²) in [6.07, 6.45) is 0.148. The van der Waals surface area contributed by atoms with Crippen molar-refractivity contribution in [3.05, 3.63) is 70.4 Å². The normalized spacial score (nSPS) is 13.1. The molecule has 0 saturated heterocycles. The highest BCUT2D eigenvalue weighted by Gasteiger charge is 2.29. The molecule has 2 aromatic carbocycles. The van der Waals surface area contributed by atoms with E-state index in [2.05, 4.69) is 10.2 Å². The molecular weight excluding hydrogens is 338 g/mol. The average molecular weight is 353 g/mol. The van der Waals surface area contributed by atoms with Gasteiger partial charge in [-0.25, -0.2) is 0 Å². The number of halogens is 1. The zero-order valence-electron chi connectivity index (χ0n) is 13.2. The SMILES string of the molecule is O=C(Cc1cc(-c2ccccc2)n[nH]1)c1cc2c(cc1Cl)COB2O. The van der Waals surface area contributed by atoms with Gasteiger partial charge in [-0.3, -0.25) is 9.89 Å². The molecule has 124 valence electrons. The Morgan fingerprint density at radius 3 is 2.88 bits per heavy atom. The number of carbonyl (C=O) groups is 1. The summed E-state index contributed by atoms with van der Waals surface area (Å²) in [4.78, 5) is 12.6. The maximum atomic E-state index is 12.6. The number of hydrogen-bond donors (Lipinski definition) is 2. The zero-order chi connectivity index (χ0) is 17.4. The number of Topliss-reactive ketones (excluding diaryl/α,β-unsaturated/α-hetero) is 1. The third-order valence-corrected chi connectivity index (χ3v) is 4.56. The Bertz CT molecular complexity index is 943. The van der Waals surface area contributed by atoms with E-state index in [1.807, 2.05) is 36.4 Å². The number of aromatic nitrogens is 2. The van der Waals surface area contributed by atoms with Gasteiger partial charge in [0.1, 0.15) is 0 Å². The lowest BCUT2D eigenvalue weighted by Gasteiger charge is -2.06. The first-order chi connectivity index (χ1) is 12.1. The molecule has 0 aliphatic carbocycles. The number of carbonyl (C=O) groups excluding carboxylic acids is 1. The highest BCUT2D eigenvalue weighted by atomic mass is 35.5. The van der Waals surface area contributed by atoms with Crippen LogP contribution < -0.4 is 5.46 Å². The van der Waals surface area contributed by atoms with Gasteiger partial charge in [-0.15, -0.1) is 0 Å². The van der Waals surface area contributed by atoms with Gasteiger partial charge in [-0.1, -0.05) is 41.9 Å². The number of nitrogens with one attached hydrogen (secondary N) is 1. The molecular formula is C18H14BClN2O3. The number of nitrogens with zero attached hydrogens (tertiary/aromatic N) is 1. The highest BCUT2D eigenvalue weighted by Crippen LogP contribution is 2.23. The minimum absolute atomic E-state index is 0.143. The minimum atomic E-state index is -1.00. The smallest absolute Gasteiger partial charge is 0.423 e. The summed E-state index contributed by atoms with van der Waals surface area (Å²) >= 11 is 6.23. The van der Waals surface area contributed by atoms with Crippen molar-refractivity contribution in [3.63, 3.8) is 0 Å². The second-order valence-corrected chi connectivity index (χ2v) is 6.35. The summed E-state index contributed by atoms with van der Waals surface area (Å²) in [5, 5.41) is 17.3. The van der Waals surface area contributed by atoms with Crippen LogP contribution in [0.5, 0.6) is 0 Å². The van der Waals surface area contributed by atoms with Gasteiger partial charge in [-0.05, 0) is 29.2 Å². The molecule has 0 unspecified atom stereocenters. The molecule has 2 heterocycles. The third-order valence-electron chi connectivity index (χ3n) is 4.24. The number of aromatic amines is 1. The second kappa shape index (κ2) is 6.48. The van der Waals surface area contributed by atoms with E-state index in [1.54, 1.807) is 12.1 Å². The fraction of sp³-hybridized carbons (Fsp3) is 0.111. The van der Waals surface area contributed by atoms with Crippen molar-refractivity contribution in [2.24, 2.45) is 0 Å². The van der Waals surface area contributed by atoms with E-state index in [4.69, 9.17) is 16.3 Å². The molecule has 0 amide bonds. The Balaban J connectivity index is 1.57. The van der Waals surface area contributed by atoms with Crippen molar-refractivity contribution in [2.75, 3.05) is 0 Å². The molecule has 1 aliphatic rings. The number of H-pyrrole nitrogens is 1. The Labute approximate surface area is 149 Å². The van der Waals surface area contributed by atoms with Crippen LogP contribution in [0.3, 0.4) is 0 Å². The predicted molar refractivity (Wildman–Crippen MR) is 95.9 cm³/mol. The molecule has 1 aliphatic heterocycles. The maximum Gasteiger partial charge on any atom is 0.491 e. The standard InChI is InChI=1S/C18H14BClN2O3/c20-16-6-12-10-25-19(24)15(12)9-14(16)18(23)8-13-7-17(22-21-13)11-4-2-1-3-5-11/h1-7,9,24H,8,10H2,(H,21,22). The van der Waals surface area contributed by atoms with Crippen LogP contribution in [0.2, 0.25) is 5.02 Å². The first-order valence-electron chi connectivity index (χ1n) is 7.86. The number of rotatable bonds is 4. The van der Waals surface area contributed by atoms with Gasteiger partial charge < -0.3 is 9.68 Å². The van der Waals surface area contributed by atoms with E-state index in [0.717, 1.165) is 16.8 Å². The van der Waals surface area contributed by atoms with Gasteiger partial charge in [0.25, 0.3) is 0 Å². The van der Waals surface area contributed by atoms with Crippen LogP contribution in [0.4, 0.5) is 0 Å². The molecule has 25 heavy (non-hydrogen) atoms. The summed E-state index contributed by atoms with van der Waals surface area (Å²) < 4.78 is 5.15. The van der Waals surface area contributed by atoms with E-state index in [-0.39, 0.29) is 12.2 Å². The minimum Gasteiger partial charge on any atom is -0.423 e. The first-order valence-corrected chi connectivity index (χ1v) is 8.24. The van der Waals surface area contributed by atoms with Gasteiger partial charge in [0.2, 0.25) is 0 Å². The summed E-state index contributed by atoms with van der Waals surface area (Å²) in [7, 11) is -1.00. The van der Waals surface area contributed by atoms with Crippen LogP contribution in [0.25, 0.3) is 11.3 Å². The van der Waals surface area contributed by atoms with Crippen LogP contribution in [0.1, 0.15) is 21.6 Å². The highest BCUT2D eigenvalue weighted by molar-refractivity contribution is 6.61. The van der Waals surface area contributed by atoms with Gasteiger partial charge >= 0.3 is 7.12 Å². The van der Waals surface area contributed by atoms with E-state index in [1.165, 1.54) is 0 Å². The van der Waals surface area contributed by atoms with Crippen molar-refractivity contribution in [1.82, 2.24) is 10.2 Å². The van der Waals surface area contributed by atoms with Gasteiger partial charge in [0.15, 0.2) is 5.78 Å². The van der Waals surface area contributed by atoms with Gasteiger partial charge in [0, 0.05) is 16.8 Å². The topological polar surface area (TPSA) is 75.2 Å². The third kappa shape index (κ3) is 3.11. The lowest BCUT2D eigenvalue weighted by Crippen LogP contribution is -2.29. The summed E-state index contributed by atoms with van der Waals surface area (Å²) in [5.74, 6) is -0.143. The molecule has 0 saturated carbocycles. The van der Waals surface area contributed by atoms with Crippen LogP contribution in [-0.2, 0) is 17.7 Å². The second-order valence-electron chi connectivity index (χ2n) is 5.94. The molecule has 7 heteroatoms. The molecule has 0 bridgehead atoms. The maximum absolute atomic E-state index is 12.6. The Morgan fingerprint density at radius 1 is 1.28 bits per heavy atom. The Morgan fingerprint density at radius 2 is 2.08 bits per heavy atom. The fourth-order valence-electron chi connectivity index (χ4n) is 2.94. The van der Waals surface area contributed by atoms with Crippen LogP contribution in [-0.4, -0.2) is 28.1 Å². The lowest BCUT2D eigenvalue weighted by molar-refractivity contribution is 0.0992. The van der Waals surface area contributed by atoms with E-state index in [0.29, 0.717) is 28.3 Å². The van der Waals surface area contributed by atoms with Crippen molar-refractivity contribution >= 4 is 30.0 Å². The molecule has 2 N–H and O–H groups in total. The fourth-order valence-corrected chi connectivity index (χ4v) is 3.23. The monoisotopic (exact) mass is 352 g/mol. The number of fused-ring (bicyclic) bond motifs is 1. The predicted octanol–water partition coefficient (Wildman–Crippen LogP) is 2.37. The quantitative estimate of drug-likeness (QED) is 0.558. The summed E-state index contributed by atoms with van der Waals surface area (Å²) in [5.41, 5.74) is 4.25. The Hall–Kier alpha value is -2.41. The molecule has 0 spiro atoms. The van der Waals surface area contributed by atoms with Crippen LogP contribution >= 0.6 is 11.6 Å². The molecule has 4 rings (SSSR count).